The van der Waals surface area contributed by atoms with Gasteiger partial charge >= 0.3 is 0 Å². The summed E-state index contributed by atoms with van der Waals surface area (Å²) in [5, 5.41) is 3.97. The van der Waals surface area contributed by atoms with Crippen LogP contribution < -0.4 is 19.5 Å². The van der Waals surface area contributed by atoms with Gasteiger partial charge < -0.3 is 14.8 Å². The molecule has 2 N–H and O–H groups in total. The van der Waals surface area contributed by atoms with Gasteiger partial charge in [-0.3, -0.25) is 4.79 Å². The molecule has 1 amide bonds. The number of rotatable bonds is 9. The van der Waals surface area contributed by atoms with E-state index in [1.807, 2.05) is 50.2 Å². The van der Waals surface area contributed by atoms with Crippen LogP contribution in [0.3, 0.4) is 0 Å². The summed E-state index contributed by atoms with van der Waals surface area (Å²) in [5.41, 5.74) is 1.47. The Morgan fingerprint density at radius 1 is 1.10 bits per heavy atom. The first-order valence-electron chi connectivity index (χ1n) is 9.65. The molecule has 0 aliphatic carbocycles. The molecule has 0 atom stereocenters. The number of nitrogens with one attached hydrogen (secondary N) is 2. The van der Waals surface area contributed by atoms with Gasteiger partial charge in [0.05, 0.1) is 0 Å². The normalized spacial score (nSPS) is 13.5. The maximum Gasteiger partial charge on any atom is 0.233 e. The van der Waals surface area contributed by atoms with E-state index in [-0.39, 0.29) is 31.1 Å². The lowest BCUT2D eigenvalue weighted by molar-refractivity contribution is -0.121. The minimum absolute atomic E-state index is 0.0255. The average molecular weight is 431 g/mol. The van der Waals surface area contributed by atoms with E-state index in [2.05, 4.69) is 10.0 Å². The molecule has 8 heteroatoms. The molecule has 0 radical (unpaired) electrons. The van der Waals surface area contributed by atoms with Crippen LogP contribution in [0.5, 0.6) is 11.5 Å². The molecule has 0 bridgehead atoms. The predicted octanol–water partition coefficient (Wildman–Crippen LogP) is 2.79. The zero-order valence-corrected chi connectivity index (χ0v) is 17.9. The summed E-state index contributed by atoms with van der Waals surface area (Å²) in [6.45, 7) is 4.68. The second-order valence-electron chi connectivity index (χ2n) is 7.63. The van der Waals surface area contributed by atoms with Crippen molar-refractivity contribution >= 4 is 22.0 Å². The van der Waals surface area contributed by atoms with E-state index in [4.69, 9.17) is 9.47 Å². The predicted molar refractivity (Wildman–Crippen MR) is 116 cm³/mol. The van der Waals surface area contributed by atoms with Crippen LogP contribution in [-0.2, 0) is 20.2 Å². The van der Waals surface area contributed by atoms with E-state index in [1.165, 1.54) is 6.08 Å². The third-order valence-corrected chi connectivity index (χ3v) is 5.88. The molecule has 1 aliphatic rings. The monoisotopic (exact) mass is 430 g/mol. The largest absolute Gasteiger partial charge is 0.454 e. The van der Waals surface area contributed by atoms with Crippen molar-refractivity contribution in [1.82, 2.24) is 10.0 Å². The minimum Gasteiger partial charge on any atom is -0.454 e. The van der Waals surface area contributed by atoms with E-state index in [9.17, 15) is 13.2 Å². The fourth-order valence-electron chi connectivity index (χ4n) is 2.91. The number of hydrogen-bond acceptors (Lipinski definition) is 5. The molecule has 0 spiro atoms. The number of carbonyl (C=O) groups excluding carboxylic acids is 1. The molecule has 7 nitrogen and oxygen atoms in total. The second kappa shape index (κ2) is 9.32. The van der Waals surface area contributed by atoms with E-state index in [1.54, 1.807) is 12.1 Å². The average Bonchev–Trinajstić information content (AvgIpc) is 3.20. The highest BCUT2D eigenvalue weighted by Gasteiger charge is 2.24. The summed E-state index contributed by atoms with van der Waals surface area (Å²) in [5.74, 6) is 1.19. The first-order chi connectivity index (χ1) is 14.3. The Hall–Kier alpha value is -2.84. The van der Waals surface area contributed by atoms with Crippen LogP contribution >= 0.6 is 0 Å². The zero-order chi connectivity index (χ0) is 21.6. The highest BCUT2D eigenvalue weighted by molar-refractivity contribution is 7.92. The maximum atomic E-state index is 12.2. The quantitative estimate of drug-likeness (QED) is 0.638. The van der Waals surface area contributed by atoms with E-state index >= 15 is 0 Å². The van der Waals surface area contributed by atoms with Gasteiger partial charge in [0, 0.05) is 30.3 Å². The zero-order valence-electron chi connectivity index (χ0n) is 17.1. The summed E-state index contributed by atoms with van der Waals surface area (Å²) in [6, 6.07) is 14.9. The van der Waals surface area contributed by atoms with Gasteiger partial charge in [0.15, 0.2) is 11.5 Å². The molecule has 0 unspecified atom stereocenters. The summed E-state index contributed by atoms with van der Waals surface area (Å²) in [7, 11) is -3.60. The van der Waals surface area contributed by atoms with Crippen LogP contribution in [-0.4, -0.2) is 34.2 Å². The van der Waals surface area contributed by atoms with Crippen molar-refractivity contribution in [3.8, 4) is 11.5 Å². The number of amides is 1. The first-order valence-corrected chi connectivity index (χ1v) is 11.2. The topological polar surface area (TPSA) is 93.7 Å². The molecule has 3 rings (SSSR count). The molecule has 0 aromatic heterocycles. The van der Waals surface area contributed by atoms with Crippen LogP contribution in [0.2, 0.25) is 0 Å². The molecule has 160 valence electrons. The standard InChI is InChI=1S/C22H26N2O5S/c1-22(2,18-8-9-19-20(14-18)29-16-28-19)15-23-21(25)10-12-24-30(26,27)13-11-17-6-4-3-5-7-17/h3-9,11,13-14,24H,10,12,15-16H2,1-2H3,(H,23,25)/b13-11+. The first kappa shape index (κ1) is 21.9. The maximum absolute atomic E-state index is 12.2. The molecule has 2 aromatic carbocycles. The summed E-state index contributed by atoms with van der Waals surface area (Å²) >= 11 is 0. The molecule has 2 aromatic rings. The van der Waals surface area contributed by atoms with Crippen LogP contribution in [0.15, 0.2) is 53.9 Å². The summed E-state index contributed by atoms with van der Waals surface area (Å²) in [4.78, 5) is 12.2. The summed E-state index contributed by atoms with van der Waals surface area (Å²) < 4.78 is 37.2. The van der Waals surface area contributed by atoms with Crippen molar-refractivity contribution in [2.75, 3.05) is 19.9 Å². The van der Waals surface area contributed by atoms with Crippen LogP contribution in [0, 0.1) is 0 Å². The van der Waals surface area contributed by atoms with Crippen LogP contribution in [0.25, 0.3) is 6.08 Å². The molecule has 0 fully saturated rings. The number of ether oxygens (including phenoxy) is 2. The van der Waals surface area contributed by atoms with Crippen molar-refractivity contribution < 1.29 is 22.7 Å². The van der Waals surface area contributed by atoms with Gasteiger partial charge in [-0.25, -0.2) is 13.1 Å². The Morgan fingerprint density at radius 3 is 2.60 bits per heavy atom. The van der Waals surface area contributed by atoms with Gasteiger partial charge in [-0.2, -0.15) is 0 Å². The van der Waals surface area contributed by atoms with Crippen LogP contribution in [0.1, 0.15) is 31.4 Å². The van der Waals surface area contributed by atoms with Crippen LogP contribution in [0.4, 0.5) is 0 Å². The van der Waals surface area contributed by atoms with Crippen molar-refractivity contribution in [1.29, 1.82) is 0 Å². The minimum atomic E-state index is -3.60. The lowest BCUT2D eigenvalue weighted by Gasteiger charge is -2.26. The van der Waals surface area contributed by atoms with Gasteiger partial charge in [-0.05, 0) is 29.3 Å². The number of carbonyl (C=O) groups is 1. The highest BCUT2D eigenvalue weighted by Crippen LogP contribution is 2.36. The molecular formula is C22H26N2O5S. The van der Waals surface area contributed by atoms with E-state index in [0.29, 0.717) is 18.0 Å². The van der Waals surface area contributed by atoms with Gasteiger partial charge in [0.2, 0.25) is 22.7 Å². The SMILES string of the molecule is CC(C)(CNC(=O)CCNS(=O)(=O)/C=C/c1ccccc1)c1ccc2c(c1)OCO2. The van der Waals surface area contributed by atoms with Crippen molar-refractivity contribution in [3.63, 3.8) is 0 Å². The lowest BCUT2D eigenvalue weighted by Crippen LogP contribution is -2.38. The third kappa shape index (κ3) is 6.08. The summed E-state index contributed by atoms with van der Waals surface area (Å²) in [6.07, 6.45) is 1.56. The number of sulfonamides is 1. The fourth-order valence-corrected chi connectivity index (χ4v) is 3.73. The van der Waals surface area contributed by atoms with Gasteiger partial charge in [0.25, 0.3) is 0 Å². The molecule has 30 heavy (non-hydrogen) atoms. The van der Waals surface area contributed by atoms with Crippen molar-refractivity contribution in [3.05, 3.63) is 65.1 Å². The Balaban J connectivity index is 1.44. The second-order valence-corrected chi connectivity index (χ2v) is 9.28. The van der Waals surface area contributed by atoms with E-state index < -0.39 is 10.0 Å². The Labute approximate surface area is 177 Å². The smallest absolute Gasteiger partial charge is 0.233 e. The van der Waals surface area contributed by atoms with Crippen molar-refractivity contribution in [2.24, 2.45) is 0 Å². The molecule has 1 aliphatic heterocycles. The third-order valence-electron chi connectivity index (χ3n) is 4.78. The Morgan fingerprint density at radius 2 is 1.83 bits per heavy atom. The number of fused-ring (bicyclic) bond motifs is 1. The van der Waals surface area contributed by atoms with Gasteiger partial charge in [-0.15, -0.1) is 0 Å². The highest BCUT2D eigenvalue weighted by atomic mass is 32.2. The van der Waals surface area contributed by atoms with Crippen molar-refractivity contribution in [2.45, 2.75) is 25.7 Å². The lowest BCUT2D eigenvalue weighted by atomic mass is 9.84. The van der Waals surface area contributed by atoms with E-state index in [0.717, 1.165) is 16.5 Å². The molecule has 0 saturated heterocycles. The van der Waals surface area contributed by atoms with Gasteiger partial charge in [0.1, 0.15) is 0 Å². The Bertz CT molecular complexity index is 1020. The number of hydrogen-bond donors (Lipinski definition) is 2. The number of benzene rings is 2. The molecule has 1 heterocycles. The molecule has 0 saturated carbocycles. The Kier molecular flexibility index (Phi) is 6.79. The molecular weight excluding hydrogens is 404 g/mol. The fraction of sp³-hybridized carbons (Fsp3) is 0.318. The van der Waals surface area contributed by atoms with Gasteiger partial charge in [-0.1, -0.05) is 50.2 Å².